The standard InChI is InChI=1S/C6H12N2OS/c1-4(2)5(6(7)9)8-3-10/h3-5H,1-2H3,(H2,7,9)(H,8,10)/t5-/m0/s1. The van der Waals surface area contributed by atoms with Gasteiger partial charge >= 0.3 is 0 Å². The predicted octanol–water partition coefficient (Wildman–Crippen LogP) is 0.0431. The Kier molecular flexibility index (Phi) is 3.95. The maximum atomic E-state index is 10.6. The van der Waals surface area contributed by atoms with E-state index in [-0.39, 0.29) is 17.9 Å². The van der Waals surface area contributed by atoms with E-state index < -0.39 is 0 Å². The van der Waals surface area contributed by atoms with Crippen molar-refractivity contribution in [2.45, 2.75) is 19.9 Å². The molecule has 1 amide bonds. The number of hydrogen-bond acceptors (Lipinski definition) is 2. The van der Waals surface area contributed by atoms with E-state index >= 15 is 0 Å². The number of rotatable bonds is 4. The zero-order valence-electron chi connectivity index (χ0n) is 6.13. The van der Waals surface area contributed by atoms with Crippen LogP contribution in [0, 0.1) is 5.92 Å². The fraction of sp³-hybridized carbons (Fsp3) is 0.667. The Bertz CT molecular complexity index is 136. The third-order valence-corrected chi connectivity index (χ3v) is 1.36. The Labute approximate surface area is 66.0 Å². The molecule has 3 nitrogen and oxygen atoms in total. The molecule has 0 saturated heterocycles. The number of hydrogen-bond donors (Lipinski definition) is 2. The summed E-state index contributed by atoms with van der Waals surface area (Å²) in [6, 6.07) is -0.336. The van der Waals surface area contributed by atoms with Crippen molar-refractivity contribution in [1.82, 2.24) is 5.32 Å². The van der Waals surface area contributed by atoms with Crippen LogP contribution in [0.25, 0.3) is 0 Å². The third kappa shape index (κ3) is 2.77. The average molecular weight is 160 g/mol. The van der Waals surface area contributed by atoms with Crippen LogP contribution in [0.2, 0.25) is 0 Å². The van der Waals surface area contributed by atoms with Gasteiger partial charge in [-0.1, -0.05) is 26.1 Å². The number of carbonyl (C=O) groups is 1. The lowest BCUT2D eigenvalue weighted by atomic mass is 10.0. The highest BCUT2D eigenvalue weighted by atomic mass is 32.1. The minimum absolute atomic E-state index is 0.177. The van der Waals surface area contributed by atoms with Crippen LogP contribution in [-0.4, -0.2) is 17.4 Å². The van der Waals surface area contributed by atoms with E-state index in [0.29, 0.717) is 0 Å². The molecule has 0 aromatic rings. The summed E-state index contributed by atoms with van der Waals surface area (Å²) in [4.78, 5) is 10.6. The molecule has 0 aromatic heterocycles. The van der Waals surface area contributed by atoms with E-state index in [2.05, 4.69) is 17.5 Å². The SMILES string of the molecule is CC(C)[C@H](NC=S)C(N)=O. The molecular formula is C6H12N2OS. The van der Waals surface area contributed by atoms with Gasteiger partial charge in [-0.05, 0) is 5.92 Å². The molecule has 0 aliphatic rings. The smallest absolute Gasteiger partial charge is 0.240 e. The zero-order chi connectivity index (χ0) is 8.15. The van der Waals surface area contributed by atoms with Crippen LogP contribution in [0.15, 0.2) is 0 Å². The van der Waals surface area contributed by atoms with Crippen molar-refractivity contribution in [3.63, 3.8) is 0 Å². The molecule has 0 heterocycles. The first-order chi connectivity index (χ1) is 4.59. The summed E-state index contributed by atoms with van der Waals surface area (Å²) in [5.74, 6) is -0.187. The molecule has 0 aliphatic carbocycles. The van der Waals surface area contributed by atoms with Gasteiger partial charge in [-0.25, -0.2) is 0 Å². The van der Waals surface area contributed by atoms with Crippen molar-refractivity contribution >= 4 is 23.6 Å². The van der Waals surface area contributed by atoms with Crippen LogP contribution >= 0.6 is 12.2 Å². The van der Waals surface area contributed by atoms with Crippen LogP contribution in [-0.2, 0) is 4.79 Å². The van der Waals surface area contributed by atoms with E-state index in [1.165, 1.54) is 5.49 Å². The van der Waals surface area contributed by atoms with Crippen LogP contribution in [0.1, 0.15) is 13.8 Å². The van der Waals surface area contributed by atoms with Gasteiger partial charge in [0.15, 0.2) is 0 Å². The zero-order valence-corrected chi connectivity index (χ0v) is 6.94. The second-order valence-electron chi connectivity index (χ2n) is 2.41. The fourth-order valence-corrected chi connectivity index (χ4v) is 0.823. The summed E-state index contributed by atoms with van der Waals surface area (Å²) in [5, 5.41) is 2.70. The fourth-order valence-electron chi connectivity index (χ4n) is 0.676. The van der Waals surface area contributed by atoms with Crippen molar-refractivity contribution < 1.29 is 4.79 Å². The Balaban J connectivity index is 3.97. The minimum Gasteiger partial charge on any atom is -0.371 e. The van der Waals surface area contributed by atoms with Crippen molar-refractivity contribution in [2.24, 2.45) is 11.7 Å². The van der Waals surface area contributed by atoms with Crippen LogP contribution < -0.4 is 11.1 Å². The predicted molar refractivity (Wildman–Crippen MR) is 44.6 cm³/mol. The largest absolute Gasteiger partial charge is 0.371 e. The second-order valence-corrected chi connectivity index (χ2v) is 2.64. The normalized spacial score (nSPS) is 12.7. The van der Waals surface area contributed by atoms with Crippen molar-refractivity contribution in [1.29, 1.82) is 0 Å². The Morgan fingerprint density at radius 1 is 1.70 bits per heavy atom. The first-order valence-corrected chi connectivity index (χ1v) is 3.55. The first-order valence-electron chi connectivity index (χ1n) is 3.08. The van der Waals surface area contributed by atoms with Crippen molar-refractivity contribution in [3.05, 3.63) is 0 Å². The van der Waals surface area contributed by atoms with E-state index in [9.17, 15) is 4.79 Å². The van der Waals surface area contributed by atoms with Crippen LogP contribution in [0.4, 0.5) is 0 Å². The molecule has 0 unspecified atom stereocenters. The maximum absolute atomic E-state index is 10.6. The quantitative estimate of drug-likeness (QED) is 0.571. The number of primary amides is 1. The molecule has 58 valence electrons. The highest BCUT2D eigenvalue weighted by Gasteiger charge is 2.16. The average Bonchev–Trinajstić information content (AvgIpc) is 1.81. The number of nitrogens with two attached hydrogens (primary N) is 1. The maximum Gasteiger partial charge on any atom is 0.240 e. The topological polar surface area (TPSA) is 55.1 Å². The van der Waals surface area contributed by atoms with Gasteiger partial charge in [-0.2, -0.15) is 0 Å². The summed E-state index contributed by atoms with van der Waals surface area (Å²) in [6.45, 7) is 3.81. The molecule has 0 aromatic carbocycles. The number of thiocarbonyl (C=S) groups is 1. The van der Waals surface area contributed by atoms with Gasteiger partial charge in [-0.15, -0.1) is 0 Å². The van der Waals surface area contributed by atoms with Crippen LogP contribution in [0.5, 0.6) is 0 Å². The van der Waals surface area contributed by atoms with Gasteiger partial charge in [-0.3, -0.25) is 4.79 Å². The molecule has 0 rings (SSSR count). The molecule has 0 fully saturated rings. The molecule has 1 atom stereocenters. The lowest BCUT2D eigenvalue weighted by molar-refractivity contribution is -0.120. The molecule has 0 radical (unpaired) electrons. The minimum atomic E-state index is -0.365. The summed E-state index contributed by atoms with van der Waals surface area (Å²) >= 11 is 4.52. The molecule has 0 saturated carbocycles. The lowest BCUT2D eigenvalue weighted by Gasteiger charge is -2.15. The molecule has 4 heteroatoms. The van der Waals surface area contributed by atoms with E-state index in [1.54, 1.807) is 0 Å². The Morgan fingerprint density at radius 2 is 2.20 bits per heavy atom. The van der Waals surface area contributed by atoms with Crippen molar-refractivity contribution in [3.8, 4) is 0 Å². The van der Waals surface area contributed by atoms with Gasteiger partial charge in [0, 0.05) is 0 Å². The molecule has 10 heavy (non-hydrogen) atoms. The van der Waals surface area contributed by atoms with Crippen molar-refractivity contribution in [2.75, 3.05) is 0 Å². The second kappa shape index (κ2) is 4.22. The number of carbonyl (C=O) groups excluding carboxylic acids is 1. The van der Waals surface area contributed by atoms with Gasteiger partial charge in [0.1, 0.15) is 6.04 Å². The number of amides is 1. The molecule has 0 spiro atoms. The molecule has 3 N–H and O–H groups in total. The van der Waals surface area contributed by atoms with E-state index in [4.69, 9.17) is 5.73 Å². The Hall–Kier alpha value is -0.640. The number of nitrogens with one attached hydrogen (secondary N) is 1. The van der Waals surface area contributed by atoms with Gasteiger partial charge in [0.05, 0.1) is 5.49 Å². The Morgan fingerprint density at radius 3 is 2.30 bits per heavy atom. The summed E-state index contributed by atoms with van der Waals surface area (Å²) in [5.41, 5.74) is 6.37. The highest BCUT2D eigenvalue weighted by Crippen LogP contribution is 1.98. The summed E-state index contributed by atoms with van der Waals surface area (Å²) < 4.78 is 0. The monoisotopic (exact) mass is 160 g/mol. The highest BCUT2D eigenvalue weighted by molar-refractivity contribution is 7.78. The van der Waals surface area contributed by atoms with Gasteiger partial charge < -0.3 is 11.1 Å². The van der Waals surface area contributed by atoms with Gasteiger partial charge in [0.2, 0.25) is 5.91 Å². The van der Waals surface area contributed by atoms with Crippen LogP contribution in [0.3, 0.4) is 0 Å². The molecule has 0 aliphatic heterocycles. The third-order valence-electron chi connectivity index (χ3n) is 1.22. The van der Waals surface area contributed by atoms with Gasteiger partial charge in [0.25, 0.3) is 0 Å². The molecule has 0 bridgehead atoms. The summed E-state index contributed by atoms with van der Waals surface area (Å²) in [7, 11) is 0. The molecular weight excluding hydrogens is 148 g/mol. The first kappa shape index (κ1) is 9.36. The lowest BCUT2D eigenvalue weighted by Crippen LogP contribution is -2.43. The van der Waals surface area contributed by atoms with E-state index in [0.717, 1.165) is 0 Å². The van der Waals surface area contributed by atoms with E-state index in [1.807, 2.05) is 13.8 Å². The summed E-state index contributed by atoms with van der Waals surface area (Å²) in [6.07, 6.45) is 0.